The van der Waals surface area contributed by atoms with E-state index in [0.717, 1.165) is 5.56 Å². The Morgan fingerprint density at radius 3 is 2.81 bits per heavy atom. The largest absolute Gasteiger partial charge is 0.504 e. The Hall–Kier alpha value is -3.58. The van der Waals surface area contributed by atoms with Crippen molar-refractivity contribution < 1.29 is 19.4 Å². The molecule has 1 aromatic carbocycles. The van der Waals surface area contributed by atoms with Crippen LogP contribution in [0.4, 0.5) is 17.4 Å². The summed E-state index contributed by atoms with van der Waals surface area (Å²) in [5, 5.41) is 23.1. The molecule has 0 spiro atoms. The highest BCUT2D eigenvalue weighted by molar-refractivity contribution is 6.33. The quantitative estimate of drug-likeness (QED) is 0.602. The lowest BCUT2D eigenvalue weighted by Crippen LogP contribution is -2.00. The van der Waals surface area contributed by atoms with Gasteiger partial charge in [0.1, 0.15) is 0 Å². The van der Waals surface area contributed by atoms with Gasteiger partial charge in [-0.2, -0.15) is 0 Å². The summed E-state index contributed by atoms with van der Waals surface area (Å²) in [7, 11) is 0. The molecule has 0 amide bonds. The van der Waals surface area contributed by atoms with Crippen LogP contribution < -0.4 is 5.32 Å². The standard InChI is InChI=1S/C19H12ClN3O4/c20-12-5-1-2-6-13(12)23-18-15(19(25)26)16(24)14(27-18)8-10-9-22-17-11(10)4-3-7-21-17/h1-9,23-24H,(H,25,26). The summed E-state index contributed by atoms with van der Waals surface area (Å²) in [6.07, 6.45) is 4.70. The number of rotatable bonds is 4. The molecule has 27 heavy (non-hydrogen) atoms. The zero-order valence-electron chi connectivity index (χ0n) is 13.7. The van der Waals surface area contributed by atoms with Gasteiger partial charge in [-0.3, -0.25) is 0 Å². The number of nitrogens with one attached hydrogen (secondary N) is 1. The predicted octanol–water partition coefficient (Wildman–Crippen LogP) is 4.73. The Balaban J connectivity index is 1.78. The number of benzene rings is 1. The zero-order valence-corrected chi connectivity index (χ0v) is 14.4. The summed E-state index contributed by atoms with van der Waals surface area (Å²) in [6.45, 7) is 0. The Morgan fingerprint density at radius 2 is 2.04 bits per heavy atom. The number of furan rings is 1. The molecule has 0 atom stereocenters. The van der Waals surface area contributed by atoms with Crippen molar-refractivity contribution >= 4 is 52.8 Å². The Labute approximate surface area is 158 Å². The van der Waals surface area contributed by atoms with Crippen LogP contribution in [0, 0.1) is 0 Å². The van der Waals surface area contributed by atoms with Crippen LogP contribution in [0.1, 0.15) is 21.7 Å². The summed E-state index contributed by atoms with van der Waals surface area (Å²) in [6, 6.07) is 10.4. The topological polar surface area (TPSA) is 108 Å². The maximum absolute atomic E-state index is 11.6. The maximum Gasteiger partial charge on any atom is 0.345 e. The highest BCUT2D eigenvalue weighted by atomic mass is 35.5. The maximum atomic E-state index is 11.6. The molecular weight excluding hydrogens is 370 g/mol. The van der Waals surface area contributed by atoms with Crippen LogP contribution in [-0.4, -0.2) is 27.4 Å². The number of carbonyl (C=O) groups is 1. The summed E-state index contributed by atoms with van der Waals surface area (Å²) < 4.78 is 5.58. The molecule has 2 aromatic heterocycles. The van der Waals surface area contributed by atoms with Gasteiger partial charge in [-0.25, -0.2) is 14.8 Å². The van der Waals surface area contributed by atoms with E-state index in [0.29, 0.717) is 22.1 Å². The molecule has 3 aromatic rings. The van der Waals surface area contributed by atoms with Crippen molar-refractivity contribution in [3.8, 4) is 5.75 Å². The molecule has 0 aliphatic carbocycles. The number of aromatic carboxylic acids is 1. The molecule has 0 fully saturated rings. The summed E-state index contributed by atoms with van der Waals surface area (Å²) in [5.74, 6) is -1.42. The van der Waals surface area contributed by atoms with Gasteiger partial charge >= 0.3 is 5.97 Å². The number of hydrogen-bond acceptors (Lipinski definition) is 6. The first kappa shape index (κ1) is 16.9. The van der Waals surface area contributed by atoms with Crippen molar-refractivity contribution in [2.45, 2.75) is 0 Å². The van der Waals surface area contributed by atoms with Crippen LogP contribution >= 0.6 is 11.6 Å². The lowest BCUT2D eigenvalue weighted by molar-refractivity contribution is 0.0695. The van der Waals surface area contributed by atoms with Crippen molar-refractivity contribution in [2.75, 3.05) is 5.32 Å². The Bertz CT molecular complexity index is 1120. The van der Waals surface area contributed by atoms with Crippen molar-refractivity contribution in [3.63, 3.8) is 0 Å². The van der Waals surface area contributed by atoms with Crippen molar-refractivity contribution in [2.24, 2.45) is 4.99 Å². The normalized spacial score (nSPS) is 13.7. The molecule has 1 aliphatic heterocycles. The molecular formula is C19H12ClN3O4. The Kier molecular flexibility index (Phi) is 4.13. The molecule has 7 nitrogen and oxygen atoms in total. The molecule has 0 saturated heterocycles. The molecule has 4 rings (SSSR count). The number of carboxylic acids is 1. The first-order chi connectivity index (χ1) is 13.0. The van der Waals surface area contributed by atoms with Gasteiger partial charge in [0.05, 0.1) is 10.7 Å². The molecule has 0 bridgehead atoms. The van der Waals surface area contributed by atoms with E-state index in [1.54, 1.807) is 42.7 Å². The van der Waals surface area contributed by atoms with Gasteiger partial charge in [-0.05, 0) is 30.3 Å². The average Bonchev–Trinajstić information content (AvgIpc) is 3.19. The number of aromatic hydroxyl groups is 1. The number of carboxylic acid groups (broad SMARTS) is 1. The monoisotopic (exact) mass is 381 g/mol. The second-order valence-corrected chi connectivity index (χ2v) is 6.07. The van der Waals surface area contributed by atoms with E-state index in [4.69, 9.17) is 16.0 Å². The number of hydrogen-bond donors (Lipinski definition) is 3. The van der Waals surface area contributed by atoms with Crippen LogP contribution in [0.15, 0.2) is 52.0 Å². The van der Waals surface area contributed by atoms with E-state index in [-0.39, 0.29) is 17.2 Å². The third-order valence-corrected chi connectivity index (χ3v) is 4.28. The second kappa shape index (κ2) is 6.62. The third-order valence-electron chi connectivity index (χ3n) is 3.96. The minimum Gasteiger partial charge on any atom is -0.504 e. The van der Waals surface area contributed by atoms with Gasteiger partial charge in [0.15, 0.2) is 22.9 Å². The van der Waals surface area contributed by atoms with E-state index >= 15 is 0 Å². The molecule has 3 N–H and O–H groups in total. The number of halogens is 1. The predicted molar refractivity (Wildman–Crippen MR) is 102 cm³/mol. The van der Waals surface area contributed by atoms with Crippen LogP contribution in [0.2, 0.25) is 5.02 Å². The van der Waals surface area contributed by atoms with Crippen LogP contribution in [-0.2, 0) is 0 Å². The van der Waals surface area contributed by atoms with Gasteiger partial charge in [0.25, 0.3) is 0 Å². The van der Waals surface area contributed by atoms with E-state index in [1.165, 1.54) is 6.08 Å². The third kappa shape index (κ3) is 3.04. The summed E-state index contributed by atoms with van der Waals surface area (Å²) in [5.41, 5.74) is 1.46. The fourth-order valence-electron chi connectivity index (χ4n) is 2.69. The van der Waals surface area contributed by atoms with Gasteiger partial charge in [-0.15, -0.1) is 0 Å². The number of para-hydroxylation sites is 1. The highest BCUT2D eigenvalue weighted by Gasteiger charge is 2.26. The van der Waals surface area contributed by atoms with Crippen molar-refractivity contribution in [3.05, 3.63) is 64.5 Å². The number of anilines is 2. The van der Waals surface area contributed by atoms with Crippen LogP contribution in [0.5, 0.6) is 5.75 Å². The Morgan fingerprint density at radius 1 is 1.22 bits per heavy atom. The lowest BCUT2D eigenvalue weighted by Gasteiger charge is -2.05. The number of aromatic nitrogens is 1. The minimum absolute atomic E-state index is 0.0138. The van der Waals surface area contributed by atoms with Gasteiger partial charge in [-0.1, -0.05) is 23.7 Å². The molecule has 3 heterocycles. The van der Waals surface area contributed by atoms with Crippen molar-refractivity contribution in [1.29, 1.82) is 0 Å². The number of fused-ring (bicyclic) bond motifs is 1. The fraction of sp³-hybridized carbons (Fsp3) is 0. The number of pyridine rings is 1. The molecule has 0 radical (unpaired) electrons. The minimum atomic E-state index is -1.34. The lowest BCUT2D eigenvalue weighted by atomic mass is 10.1. The first-order valence-electron chi connectivity index (χ1n) is 7.86. The summed E-state index contributed by atoms with van der Waals surface area (Å²) >= 11 is 6.10. The van der Waals surface area contributed by atoms with E-state index in [2.05, 4.69) is 15.3 Å². The van der Waals surface area contributed by atoms with Crippen LogP contribution in [0.25, 0.3) is 11.6 Å². The first-order valence-corrected chi connectivity index (χ1v) is 8.24. The number of aliphatic imine (C=N–C) groups is 1. The second-order valence-electron chi connectivity index (χ2n) is 5.66. The molecule has 0 saturated carbocycles. The highest BCUT2D eigenvalue weighted by Crippen LogP contribution is 2.39. The van der Waals surface area contributed by atoms with Crippen molar-refractivity contribution in [1.82, 2.24) is 4.98 Å². The van der Waals surface area contributed by atoms with E-state index in [1.807, 2.05) is 6.07 Å². The molecule has 0 unspecified atom stereocenters. The van der Waals surface area contributed by atoms with E-state index in [9.17, 15) is 15.0 Å². The van der Waals surface area contributed by atoms with Crippen LogP contribution in [0.3, 0.4) is 0 Å². The molecule has 134 valence electrons. The van der Waals surface area contributed by atoms with Gasteiger partial charge in [0.2, 0.25) is 5.88 Å². The fourth-order valence-corrected chi connectivity index (χ4v) is 2.87. The zero-order chi connectivity index (χ0) is 19.0. The molecule has 8 heteroatoms. The molecule has 1 aliphatic rings. The summed E-state index contributed by atoms with van der Waals surface area (Å²) in [4.78, 5) is 19.9. The number of allylic oxidation sites excluding steroid dienone is 1. The van der Waals surface area contributed by atoms with Gasteiger partial charge < -0.3 is 19.9 Å². The smallest absolute Gasteiger partial charge is 0.345 e. The average molecular weight is 382 g/mol. The number of nitrogens with zero attached hydrogens (tertiary/aromatic N) is 2. The van der Waals surface area contributed by atoms with E-state index < -0.39 is 11.7 Å². The SMILES string of the molecule is O=C(O)c1c(Nc2ccccc2Cl)oc(C=C2C=Nc3ncccc32)c1O. The van der Waals surface area contributed by atoms with Gasteiger partial charge in [0, 0.05) is 23.5 Å².